The van der Waals surface area contributed by atoms with Crippen LogP contribution in [-0.4, -0.2) is 29.7 Å². The third-order valence-electron chi connectivity index (χ3n) is 2.15. The van der Waals surface area contributed by atoms with E-state index in [9.17, 15) is 0 Å². The van der Waals surface area contributed by atoms with E-state index in [-0.39, 0.29) is 0 Å². The van der Waals surface area contributed by atoms with E-state index in [4.69, 9.17) is 4.74 Å². The molecule has 2 rings (SSSR count). The van der Waals surface area contributed by atoms with Crippen LogP contribution in [0.4, 0.5) is 0 Å². The van der Waals surface area contributed by atoms with Crippen molar-refractivity contribution in [2.75, 3.05) is 19.7 Å². The molecule has 1 aliphatic rings. The van der Waals surface area contributed by atoms with Crippen molar-refractivity contribution in [2.45, 2.75) is 6.42 Å². The molecule has 0 saturated carbocycles. The Bertz CT molecular complexity index is 246. The normalized spacial score (nSPS) is 21.7. The van der Waals surface area contributed by atoms with E-state index in [0.717, 1.165) is 19.7 Å². The van der Waals surface area contributed by atoms with Crippen molar-refractivity contribution in [2.24, 2.45) is 5.92 Å². The summed E-state index contributed by atoms with van der Waals surface area (Å²) in [6.45, 7) is 2.87. The Kier molecular flexibility index (Phi) is 2.72. The predicted octanol–water partition coefficient (Wildman–Crippen LogP) is 0.465. The van der Waals surface area contributed by atoms with Crippen LogP contribution in [0.25, 0.3) is 0 Å². The van der Waals surface area contributed by atoms with Gasteiger partial charge in [-0.05, 0) is 19.0 Å². The first kappa shape index (κ1) is 8.44. The number of aromatic nitrogens is 2. The molecular formula is C9H13N3O. The van der Waals surface area contributed by atoms with Gasteiger partial charge in [-0.1, -0.05) is 0 Å². The van der Waals surface area contributed by atoms with E-state index in [1.165, 1.54) is 6.42 Å². The molecule has 1 saturated heterocycles. The van der Waals surface area contributed by atoms with E-state index < -0.39 is 0 Å². The number of hydrogen-bond donors (Lipinski definition) is 1. The Labute approximate surface area is 77.4 Å². The number of nitrogens with zero attached hydrogens (tertiary/aromatic N) is 2. The summed E-state index contributed by atoms with van der Waals surface area (Å²) in [5.74, 6) is 0.615. The molecule has 0 spiro atoms. The van der Waals surface area contributed by atoms with Gasteiger partial charge in [0.25, 0.3) is 0 Å². The van der Waals surface area contributed by atoms with Crippen LogP contribution in [-0.2, 0) is 0 Å². The average Bonchev–Trinajstić information content (AvgIpc) is 2.69. The van der Waals surface area contributed by atoms with E-state index in [1.807, 2.05) is 0 Å². The number of nitrogens with one attached hydrogen (secondary N) is 1. The van der Waals surface area contributed by atoms with Gasteiger partial charge in [-0.3, -0.25) is 0 Å². The third-order valence-corrected chi connectivity index (χ3v) is 2.15. The van der Waals surface area contributed by atoms with Gasteiger partial charge in [-0.15, -0.1) is 0 Å². The van der Waals surface area contributed by atoms with E-state index in [0.29, 0.717) is 11.9 Å². The molecule has 0 unspecified atom stereocenters. The maximum Gasteiger partial charge on any atom is 0.316 e. The molecule has 1 aromatic heterocycles. The van der Waals surface area contributed by atoms with Crippen LogP contribution in [0.15, 0.2) is 18.5 Å². The molecule has 0 aliphatic carbocycles. The molecule has 0 aromatic carbocycles. The molecule has 4 nitrogen and oxygen atoms in total. The first-order valence-corrected chi connectivity index (χ1v) is 4.55. The summed E-state index contributed by atoms with van der Waals surface area (Å²) in [6, 6.07) is 2.26. The van der Waals surface area contributed by atoms with Gasteiger partial charge < -0.3 is 10.1 Å². The Hall–Kier alpha value is -1.16. The standard InChI is InChI=1S/C9H13N3O/c1-3-11-9(12-4-1)13-7-8-2-5-10-6-8/h1,3-4,8,10H,2,5-7H2/t8-/m1/s1. The zero-order chi connectivity index (χ0) is 8.93. The highest BCUT2D eigenvalue weighted by Gasteiger charge is 2.15. The fourth-order valence-corrected chi connectivity index (χ4v) is 1.41. The Morgan fingerprint density at radius 1 is 1.46 bits per heavy atom. The number of ether oxygens (including phenoxy) is 1. The minimum Gasteiger partial charge on any atom is -0.463 e. The van der Waals surface area contributed by atoms with Gasteiger partial charge in [0.1, 0.15) is 0 Å². The first-order valence-electron chi connectivity index (χ1n) is 4.55. The lowest BCUT2D eigenvalue weighted by Gasteiger charge is -2.08. The van der Waals surface area contributed by atoms with E-state index >= 15 is 0 Å². The predicted molar refractivity (Wildman–Crippen MR) is 48.5 cm³/mol. The lowest BCUT2D eigenvalue weighted by Crippen LogP contribution is -2.16. The SMILES string of the molecule is c1cnc(OC[C@@H]2CCNC2)nc1. The second kappa shape index (κ2) is 4.18. The molecule has 1 N–H and O–H groups in total. The summed E-state index contributed by atoms with van der Waals surface area (Å²) in [5, 5.41) is 3.29. The second-order valence-corrected chi connectivity index (χ2v) is 3.20. The van der Waals surface area contributed by atoms with Crippen LogP contribution >= 0.6 is 0 Å². The zero-order valence-corrected chi connectivity index (χ0v) is 7.44. The summed E-state index contributed by atoms with van der Waals surface area (Å²) in [4.78, 5) is 7.97. The fraction of sp³-hybridized carbons (Fsp3) is 0.556. The van der Waals surface area contributed by atoms with Crippen molar-refractivity contribution in [1.82, 2.24) is 15.3 Å². The van der Waals surface area contributed by atoms with Gasteiger partial charge in [0.15, 0.2) is 0 Å². The fourth-order valence-electron chi connectivity index (χ4n) is 1.41. The molecule has 4 heteroatoms. The minimum absolute atomic E-state index is 0.481. The van der Waals surface area contributed by atoms with Crippen LogP contribution in [0.5, 0.6) is 6.01 Å². The van der Waals surface area contributed by atoms with Crippen LogP contribution in [0.3, 0.4) is 0 Å². The van der Waals surface area contributed by atoms with Crippen LogP contribution in [0.2, 0.25) is 0 Å². The average molecular weight is 179 g/mol. The molecule has 1 fully saturated rings. The van der Waals surface area contributed by atoms with Crippen LogP contribution < -0.4 is 10.1 Å². The molecular weight excluding hydrogens is 166 g/mol. The number of rotatable bonds is 3. The largest absolute Gasteiger partial charge is 0.463 e. The van der Waals surface area contributed by atoms with Crippen molar-refractivity contribution in [3.63, 3.8) is 0 Å². The lowest BCUT2D eigenvalue weighted by molar-refractivity contribution is 0.241. The summed E-state index contributed by atoms with van der Waals surface area (Å²) in [5.41, 5.74) is 0. The van der Waals surface area contributed by atoms with Gasteiger partial charge >= 0.3 is 6.01 Å². The molecule has 13 heavy (non-hydrogen) atoms. The monoisotopic (exact) mass is 179 g/mol. The molecule has 1 aromatic rings. The quantitative estimate of drug-likeness (QED) is 0.732. The molecule has 1 aliphatic heterocycles. The second-order valence-electron chi connectivity index (χ2n) is 3.20. The maximum atomic E-state index is 5.43. The first-order chi connectivity index (χ1) is 6.45. The molecule has 70 valence electrons. The molecule has 0 bridgehead atoms. The van der Waals surface area contributed by atoms with E-state index in [2.05, 4.69) is 15.3 Å². The summed E-state index contributed by atoms with van der Waals surface area (Å²) < 4.78 is 5.43. The highest BCUT2D eigenvalue weighted by Crippen LogP contribution is 2.08. The van der Waals surface area contributed by atoms with Crippen molar-refractivity contribution in [3.05, 3.63) is 18.5 Å². The summed E-state index contributed by atoms with van der Waals surface area (Å²) in [6.07, 6.45) is 4.57. The van der Waals surface area contributed by atoms with Crippen molar-refractivity contribution in [1.29, 1.82) is 0 Å². The Morgan fingerprint density at radius 2 is 2.31 bits per heavy atom. The summed E-state index contributed by atoms with van der Waals surface area (Å²) in [7, 11) is 0. The highest BCUT2D eigenvalue weighted by molar-refractivity contribution is 4.93. The van der Waals surface area contributed by atoms with Crippen LogP contribution in [0.1, 0.15) is 6.42 Å². The minimum atomic E-state index is 0.481. The van der Waals surface area contributed by atoms with E-state index in [1.54, 1.807) is 18.5 Å². The van der Waals surface area contributed by atoms with Crippen LogP contribution in [0, 0.1) is 5.92 Å². The molecule has 0 radical (unpaired) electrons. The third kappa shape index (κ3) is 2.39. The summed E-state index contributed by atoms with van der Waals surface area (Å²) >= 11 is 0. The van der Waals surface area contributed by atoms with Gasteiger partial charge in [0.05, 0.1) is 6.61 Å². The number of hydrogen-bond acceptors (Lipinski definition) is 4. The van der Waals surface area contributed by atoms with Crippen molar-refractivity contribution < 1.29 is 4.74 Å². The maximum absolute atomic E-state index is 5.43. The lowest BCUT2D eigenvalue weighted by atomic mass is 10.1. The molecule has 2 heterocycles. The van der Waals surface area contributed by atoms with Gasteiger partial charge in [-0.2, -0.15) is 0 Å². The smallest absolute Gasteiger partial charge is 0.316 e. The van der Waals surface area contributed by atoms with Gasteiger partial charge in [0.2, 0.25) is 0 Å². The topological polar surface area (TPSA) is 47.0 Å². The Morgan fingerprint density at radius 3 is 3.00 bits per heavy atom. The van der Waals surface area contributed by atoms with Crippen molar-refractivity contribution >= 4 is 0 Å². The molecule has 1 atom stereocenters. The molecule has 0 amide bonds. The van der Waals surface area contributed by atoms with Gasteiger partial charge in [-0.25, -0.2) is 9.97 Å². The highest BCUT2D eigenvalue weighted by atomic mass is 16.5. The zero-order valence-electron chi connectivity index (χ0n) is 7.44. The van der Waals surface area contributed by atoms with Crippen molar-refractivity contribution in [3.8, 4) is 6.01 Å². The Balaban J connectivity index is 1.79. The van der Waals surface area contributed by atoms with Gasteiger partial charge in [0, 0.05) is 24.9 Å².